The SMILES string of the molecule is CC(C)(C)C1CCCN(C(=O)c2ccc(=O)[nH]c2)CC1. The minimum absolute atomic E-state index is 0.0239. The highest BCUT2D eigenvalue weighted by Crippen LogP contribution is 2.34. The molecule has 1 amide bonds. The van der Waals surface area contributed by atoms with E-state index in [1.54, 1.807) is 6.07 Å². The van der Waals surface area contributed by atoms with Crippen molar-refractivity contribution >= 4 is 5.91 Å². The molecule has 1 aliphatic heterocycles. The fraction of sp³-hybridized carbons (Fsp3) is 0.625. The van der Waals surface area contributed by atoms with Crippen LogP contribution in [0.1, 0.15) is 50.4 Å². The molecule has 1 unspecified atom stereocenters. The normalized spacial score (nSPS) is 20.6. The number of nitrogens with zero attached hydrogens (tertiary/aromatic N) is 1. The zero-order valence-electron chi connectivity index (χ0n) is 12.6. The predicted octanol–water partition coefficient (Wildman–Crippen LogP) is 2.66. The van der Waals surface area contributed by atoms with Crippen LogP contribution in [0.25, 0.3) is 0 Å². The second kappa shape index (κ2) is 5.81. The van der Waals surface area contributed by atoms with Gasteiger partial charge in [0, 0.05) is 25.4 Å². The van der Waals surface area contributed by atoms with Gasteiger partial charge in [0.05, 0.1) is 5.56 Å². The van der Waals surface area contributed by atoms with Crippen molar-refractivity contribution in [1.82, 2.24) is 9.88 Å². The van der Waals surface area contributed by atoms with Gasteiger partial charge in [-0.1, -0.05) is 20.8 Å². The van der Waals surface area contributed by atoms with E-state index in [2.05, 4.69) is 25.8 Å². The van der Waals surface area contributed by atoms with Crippen LogP contribution < -0.4 is 5.56 Å². The average molecular weight is 276 g/mol. The molecule has 0 radical (unpaired) electrons. The van der Waals surface area contributed by atoms with Crippen molar-refractivity contribution in [3.8, 4) is 0 Å². The number of pyridine rings is 1. The lowest BCUT2D eigenvalue weighted by molar-refractivity contribution is 0.0755. The summed E-state index contributed by atoms with van der Waals surface area (Å²) >= 11 is 0. The fourth-order valence-corrected chi connectivity index (χ4v) is 2.89. The lowest BCUT2D eigenvalue weighted by Crippen LogP contribution is -2.32. The maximum absolute atomic E-state index is 12.4. The number of likely N-dealkylation sites (tertiary alicyclic amines) is 1. The minimum Gasteiger partial charge on any atom is -0.339 e. The number of hydrogen-bond acceptors (Lipinski definition) is 2. The summed E-state index contributed by atoms with van der Waals surface area (Å²) in [5.74, 6) is 0.687. The van der Waals surface area contributed by atoms with Crippen molar-refractivity contribution in [3.63, 3.8) is 0 Å². The van der Waals surface area contributed by atoms with Gasteiger partial charge < -0.3 is 9.88 Å². The maximum Gasteiger partial charge on any atom is 0.255 e. The molecule has 4 heteroatoms. The molecule has 4 nitrogen and oxygen atoms in total. The number of carbonyl (C=O) groups is 1. The first-order valence-electron chi connectivity index (χ1n) is 7.36. The molecule has 1 aliphatic rings. The highest BCUT2D eigenvalue weighted by molar-refractivity contribution is 5.93. The Bertz CT molecular complexity index is 508. The Labute approximate surface area is 120 Å². The van der Waals surface area contributed by atoms with E-state index < -0.39 is 0 Å². The Morgan fingerprint density at radius 1 is 1.25 bits per heavy atom. The molecule has 2 rings (SSSR count). The highest BCUT2D eigenvalue weighted by atomic mass is 16.2. The van der Waals surface area contributed by atoms with E-state index >= 15 is 0 Å². The molecule has 2 heterocycles. The van der Waals surface area contributed by atoms with E-state index in [0.717, 1.165) is 25.9 Å². The minimum atomic E-state index is -0.176. The third-order valence-corrected chi connectivity index (χ3v) is 4.27. The Morgan fingerprint density at radius 2 is 2.00 bits per heavy atom. The summed E-state index contributed by atoms with van der Waals surface area (Å²) in [5.41, 5.74) is 0.695. The number of rotatable bonds is 1. The zero-order chi connectivity index (χ0) is 14.8. The Hall–Kier alpha value is -1.58. The third kappa shape index (κ3) is 3.50. The number of H-pyrrole nitrogens is 1. The molecule has 0 aliphatic carbocycles. The van der Waals surface area contributed by atoms with E-state index in [1.807, 2.05) is 4.90 Å². The van der Waals surface area contributed by atoms with Gasteiger partial charge in [-0.3, -0.25) is 9.59 Å². The Kier molecular flexibility index (Phi) is 4.31. The first-order chi connectivity index (χ1) is 9.38. The Morgan fingerprint density at radius 3 is 2.60 bits per heavy atom. The summed E-state index contributed by atoms with van der Waals surface area (Å²) in [6, 6.07) is 3.01. The van der Waals surface area contributed by atoms with Crippen LogP contribution in [0.4, 0.5) is 0 Å². The van der Waals surface area contributed by atoms with Crippen LogP contribution in [-0.2, 0) is 0 Å². The predicted molar refractivity (Wildman–Crippen MR) is 79.8 cm³/mol. The molecule has 1 saturated heterocycles. The molecule has 0 bridgehead atoms. The van der Waals surface area contributed by atoms with Gasteiger partial charge in [-0.15, -0.1) is 0 Å². The zero-order valence-corrected chi connectivity index (χ0v) is 12.6. The Balaban J connectivity index is 2.05. The van der Waals surface area contributed by atoms with E-state index in [0.29, 0.717) is 16.9 Å². The van der Waals surface area contributed by atoms with Crippen molar-refractivity contribution in [2.45, 2.75) is 40.0 Å². The second-order valence-electron chi connectivity index (χ2n) is 6.73. The third-order valence-electron chi connectivity index (χ3n) is 4.27. The molecule has 1 aromatic heterocycles. The maximum atomic E-state index is 12.4. The number of aromatic amines is 1. The largest absolute Gasteiger partial charge is 0.339 e. The van der Waals surface area contributed by atoms with Crippen LogP contribution in [0.15, 0.2) is 23.1 Å². The van der Waals surface area contributed by atoms with Gasteiger partial charge in [0.2, 0.25) is 5.56 Å². The molecule has 0 saturated carbocycles. The molecule has 20 heavy (non-hydrogen) atoms. The molecular weight excluding hydrogens is 252 g/mol. The van der Waals surface area contributed by atoms with Gasteiger partial charge in [0.1, 0.15) is 0 Å². The first-order valence-corrected chi connectivity index (χ1v) is 7.36. The average Bonchev–Trinajstić information content (AvgIpc) is 2.64. The van der Waals surface area contributed by atoms with Crippen LogP contribution in [0.5, 0.6) is 0 Å². The van der Waals surface area contributed by atoms with Crippen molar-refractivity contribution in [3.05, 3.63) is 34.2 Å². The number of hydrogen-bond donors (Lipinski definition) is 1. The summed E-state index contributed by atoms with van der Waals surface area (Å²) < 4.78 is 0. The molecule has 110 valence electrons. The molecule has 0 aromatic carbocycles. The van der Waals surface area contributed by atoms with Crippen LogP contribution in [0, 0.1) is 11.3 Å². The van der Waals surface area contributed by atoms with Crippen LogP contribution in [-0.4, -0.2) is 28.9 Å². The van der Waals surface area contributed by atoms with E-state index in [9.17, 15) is 9.59 Å². The van der Waals surface area contributed by atoms with Gasteiger partial charge in [-0.2, -0.15) is 0 Å². The quantitative estimate of drug-likeness (QED) is 0.857. The van der Waals surface area contributed by atoms with Gasteiger partial charge in [0.15, 0.2) is 0 Å². The number of aromatic nitrogens is 1. The topological polar surface area (TPSA) is 53.2 Å². The van der Waals surface area contributed by atoms with E-state index in [-0.39, 0.29) is 11.5 Å². The fourth-order valence-electron chi connectivity index (χ4n) is 2.89. The lowest BCUT2D eigenvalue weighted by atomic mass is 9.77. The summed E-state index contributed by atoms with van der Waals surface area (Å²) in [6.45, 7) is 8.44. The molecule has 0 spiro atoms. The first kappa shape index (κ1) is 14.8. The van der Waals surface area contributed by atoms with Gasteiger partial charge in [-0.05, 0) is 36.7 Å². The smallest absolute Gasteiger partial charge is 0.255 e. The molecular formula is C16H24N2O2. The number of amides is 1. The molecule has 1 aromatic rings. The number of carbonyl (C=O) groups excluding carboxylic acids is 1. The van der Waals surface area contributed by atoms with Crippen LogP contribution >= 0.6 is 0 Å². The summed E-state index contributed by atoms with van der Waals surface area (Å²) in [5, 5.41) is 0. The molecule has 1 fully saturated rings. The van der Waals surface area contributed by atoms with Crippen molar-refractivity contribution in [1.29, 1.82) is 0 Å². The van der Waals surface area contributed by atoms with E-state index in [1.165, 1.54) is 18.7 Å². The van der Waals surface area contributed by atoms with E-state index in [4.69, 9.17) is 0 Å². The summed E-state index contributed by atoms with van der Waals surface area (Å²) in [6.07, 6.45) is 4.80. The highest BCUT2D eigenvalue weighted by Gasteiger charge is 2.28. The summed E-state index contributed by atoms with van der Waals surface area (Å²) in [7, 11) is 0. The monoisotopic (exact) mass is 276 g/mol. The molecule has 1 atom stereocenters. The number of nitrogens with one attached hydrogen (secondary N) is 1. The second-order valence-corrected chi connectivity index (χ2v) is 6.73. The summed E-state index contributed by atoms with van der Waals surface area (Å²) in [4.78, 5) is 28.0. The van der Waals surface area contributed by atoms with Gasteiger partial charge in [0.25, 0.3) is 5.91 Å². The van der Waals surface area contributed by atoms with Gasteiger partial charge in [-0.25, -0.2) is 0 Å². The van der Waals surface area contributed by atoms with Crippen LogP contribution in [0.3, 0.4) is 0 Å². The van der Waals surface area contributed by atoms with Crippen LogP contribution in [0.2, 0.25) is 0 Å². The molecule has 1 N–H and O–H groups in total. The lowest BCUT2D eigenvalue weighted by Gasteiger charge is -2.29. The van der Waals surface area contributed by atoms with Crippen molar-refractivity contribution in [2.24, 2.45) is 11.3 Å². The standard InChI is InChI=1S/C16H24N2O2/c1-16(2,3)13-5-4-9-18(10-8-13)15(20)12-6-7-14(19)17-11-12/h6-7,11,13H,4-5,8-10H2,1-3H3,(H,17,19). The van der Waals surface area contributed by atoms with Crippen molar-refractivity contribution < 1.29 is 4.79 Å². The van der Waals surface area contributed by atoms with Gasteiger partial charge >= 0.3 is 0 Å². The van der Waals surface area contributed by atoms with Crippen molar-refractivity contribution in [2.75, 3.05) is 13.1 Å².